The minimum absolute atomic E-state index is 0.0770. The molecule has 8 heteroatoms. The Morgan fingerprint density at radius 3 is 2.63 bits per heavy atom. The van der Waals surface area contributed by atoms with Crippen LogP contribution in [0.4, 0.5) is 13.2 Å². The number of alkyl halides is 3. The topological polar surface area (TPSA) is 41.9 Å². The van der Waals surface area contributed by atoms with E-state index >= 15 is 0 Å². The van der Waals surface area contributed by atoms with Gasteiger partial charge in [-0.3, -0.25) is 4.68 Å². The summed E-state index contributed by atoms with van der Waals surface area (Å²) in [6.07, 6.45) is -1.88. The number of hydrogen-bond donors (Lipinski definition) is 2. The van der Waals surface area contributed by atoms with Gasteiger partial charge in [-0.2, -0.15) is 18.3 Å². The Morgan fingerprint density at radius 2 is 2.00 bits per heavy atom. The first-order valence-corrected chi connectivity index (χ1v) is 9.49. The predicted octanol–water partition coefficient (Wildman–Crippen LogP) is 4.39. The van der Waals surface area contributed by atoms with Gasteiger partial charge < -0.3 is 10.6 Å². The maximum atomic E-state index is 12.9. The molecule has 0 saturated heterocycles. The lowest BCUT2D eigenvalue weighted by molar-refractivity contribution is -0.141. The van der Waals surface area contributed by atoms with Crippen LogP contribution in [-0.2, 0) is 12.7 Å². The standard InChI is InChI=1S/C19H23F3N4S/c1-13(14-6-3-2-4-7-14)24-18(27)23-10-5-11-26-16(15-8-9-15)12-17(25-26)19(20,21)22/h2-4,6-7,12-13,15H,5,8-11H2,1H3,(H2,23,24,27). The monoisotopic (exact) mass is 396 g/mol. The molecule has 1 aromatic heterocycles. The Labute approximate surface area is 162 Å². The highest BCUT2D eigenvalue weighted by molar-refractivity contribution is 7.80. The molecule has 0 aliphatic heterocycles. The largest absolute Gasteiger partial charge is 0.435 e. The third-order valence-electron chi connectivity index (χ3n) is 4.58. The van der Waals surface area contributed by atoms with Crippen molar-refractivity contribution in [2.24, 2.45) is 0 Å². The average Bonchev–Trinajstić information content (AvgIpc) is 3.38. The van der Waals surface area contributed by atoms with Crippen LogP contribution in [0.15, 0.2) is 36.4 Å². The van der Waals surface area contributed by atoms with Crippen molar-refractivity contribution >= 4 is 17.3 Å². The van der Waals surface area contributed by atoms with Crippen molar-refractivity contribution in [1.82, 2.24) is 20.4 Å². The molecule has 2 aromatic rings. The van der Waals surface area contributed by atoms with E-state index in [1.807, 2.05) is 37.3 Å². The van der Waals surface area contributed by atoms with Crippen molar-refractivity contribution in [3.05, 3.63) is 53.3 Å². The number of hydrogen-bond acceptors (Lipinski definition) is 2. The molecule has 1 fully saturated rings. The average molecular weight is 396 g/mol. The van der Waals surface area contributed by atoms with Gasteiger partial charge in [0.05, 0.1) is 6.04 Å². The maximum absolute atomic E-state index is 12.9. The molecule has 1 atom stereocenters. The normalized spacial score (nSPS) is 15.4. The summed E-state index contributed by atoms with van der Waals surface area (Å²) in [5, 5.41) is 10.6. The third kappa shape index (κ3) is 5.45. The molecular formula is C19H23F3N4S. The van der Waals surface area contributed by atoms with E-state index in [1.54, 1.807) is 0 Å². The Morgan fingerprint density at radius 1 is 1.30 bits per heavy atom. The van der Waals surface area contributed by atoms with Crippen molar-refractivity contribution in [2.75, 3.05) is 6.54 Å². The lowest BCUT2D eigenvalue weighted by Crippen LogP contribution is -2.37. The summed E-state index contributed by atoms with van der Waals surface area (Å²) < 4.78 is 40.2. The summed E-state index contributed by atoms with van der Waals surface area (Å²) >= 11 is 5.30. The molecule has 1 aromatic carbocycles. The fourth-order valence-electron chi connectivity index (χ4n) is 2.96. The van der Waals surface area contributed by atoms with Gasteiger partial charge in [-0.05, 0) is 50.0 Å². The van der Waals surface area contributed by atoms with Gasteiger partial charge in [0.15, 0.2) is 10.8 Å². The smallest absolute Gasteiger partial charge is 0.363 e. The van der Waals surface area contributed by atoms with E-state index < -0.39 is 11.9 Å². The Bertz CT molecular complexity index is 769. The zero-order valence-electron chi connectivity index (χ0n) is 15.1. The predicted molar refractivity (Wildman–Crippen MR) is 102 cm³/mol. The van der Waals surface area contributed by atoms with E-state index in [1.165, 1.54) is 10.7 Å². The van der Waals surface area contributed by atoms with Crippen LogP contribution in [0.5, 0.6) is 0 Å². The van der Waals surface area contributed by atoms with Gasteiger partial charge in [0.2, 0.25) is 0 Å². The summed E-state index contributed by atoms with van der Waals surface area (Å²) in [7, 11) is 0. The van der Waals surface area contributed by atoms with Crippen LogP contribution in [0.25, 0.3) is 0 Å². The highest BCUT2D eigenvalue weighted by atomic mass is 32.1. The second-order valence-electron chi connectivity index (χ2n) is 6.84. The van der Waals surface area contributed by atoms with Gasteiger partial charge in [-0.1, -0.05) is 30.3 Å². The first kappa shape index (κ1) is 19.7. The number of halogens is 3. The minimum atomic E-state index is -4.40. The SMILES string of the molecule is CC(NC(=S)NCCCn1nc(C(F)(F)F)cc1C1CC1)c1ccccc1. The number of nitrogens with one attached hydrogen (secondary N) is 2. The van der Waals surface area contributed by atoms with Gasteiger partial charge in [0, 0.05) is 24.7 Å². The molecule has 1 aliphatic rings. The van der Waals surface area contributed by atoms with Crippen LogP contribution in [0, 0.1) is 0 Å². The molecule has 27 heavy (non-hydrogen) atoms. The number of aromatic nitrogens is 2. The molecule has 4 nitrogen and oxygen atoms in total. The lowest BCUT2D eigenvalue weighted by atomic mass is 10.1. The van der Waals surface area contributed by atoms with Crippen LogP contribution in [0.3, 0.4) is 0 Å². The maximum Gasteiger partial charge on any atom is 0.435 e. The van der Waals surface area contributed by atoms with Gasteiger partial charge in [-0.15, -0.1) is 0 Å². The zero-order valence-corrected chi connectivity index (χ0v) is 15.9. The number of aryl methyl sites for hydroxylation is 1. The molecular weight excluding hydrogens is 373 g/mol. The van der Waals surface area contributed by atoms with Gasteiger partial charge >= 0.3 is 6.18 Å². The van der Waals surface area contributed by atoms with E-state index in [2.05, 4.69) is 15.7 Å². The summed E-state index contributed by atoms with van der Waals surface area (Å²) in [6.45, 7) is 3.03. The Balaban J connectivity index is 1.46. The summed E-state index contributed by atoms with van der Waals surface area (Å²) in [6, 6.07) is 11.2. The number of nitrogens with zero attached hydrogens (tertiary/aromatic N) is 2. The second-order valence-corrected chi connectivity index (χ2v) is 7.24. The molecule has 146 valence electrons. The molecule has 1 saturated carbocycles. The van der Waals surface area contributed by atoms with Crippen molar-refractivity contribution in [3.63, 3.8) is 0 Å². The first-order valence-electron chi connectivity index (χ1n) is 9.09. The van der Waals surface area contributed by atoms with E-state index in [4.69, 9.17) is 12.2 Å². The summed E-state index contributed by atoms with van der Waals surface area (Å²) in [5.41, 5.74) is 1.03. The molecule has 0 spiro atoms. The lowest BCUT2D eigenvalue weighted by Gasteiger charge is -2.17. The van der Waals surface area contributed by atoms with Crippen molar-refractivity contribution in [3.8, 4) is 0 Å². The van der Waals surface area contributed by atoms with Gasteiger partial charge in [0.25, 0.3) is 0 Å². The quantitative estimate of drug-likeness (QED) is 0.538. The van der Waals surface area contributed by atoms with Crippen molar-refractivity contribution in [2.45, 2.75) is 50.9 Å². The van der Waals surface area contributed by atoms with Crippen LogP contribution in [0.1, 0.15) is 55.1 Å². The third-order valence-corrected chi connectivity index (χ3v) is 4.84. The van der Waals surface area contributed by atoms with Crippen molar-refractivity contribution in [1.29, 1.82) is 0 Å². The summed E-state index contributed by atoms with van der Waals surface area (Å²) in [4.78, 5) is 0. The van der Waals surface area contributed by atoms with Gasteiger partial charge in [0.1, 0.15) is 0 Å². The fraction of sp³-hybridized carbons (Fsp3) is 0.474. The van der Waals surface area contributed by atoms with E-state index in [9.17, 15) is 13.2 Å². The molecule has 3 rings (SSSR count). The molecule has 0 radical (unpaired) electrons. The van der Waals surface area contributed by atoms with Gasteiger partial charge in [-0.25, -0.2) is 0 Å². The molecule has 1 heterocycles. The van der Waals surface area contributed by atoms with Crippen LogP contribution in [0.2, 0.25) is 0 Å². The van der Waals surface area contributed by atoms with Crippen LogP contribution >= 0.6 is 12.2 Å². The molecule has 0 amide bonds. The first-order chi connectivity index (χ1) is 12.8. The Hall–Kier alpha value is -2.09. The fourth-order valence-corrected chi connectivity index (χ4v) is 3.24. The summed E-state index contributed by atoms with van der Waals surface area (Å²) in [5.74, 6) is 0.219. The molecule has 1 unspecified atom stereocenters. The van der Waals surface area contributed by atoms with E-state index in [0.29, 0.717) is 30.3 Å². The van der Waals surface area contributed by atoms with Crippen LogP contribution in [-0.4, -0.2) is 21.4 Å². The highest BCUT2D eigenvalue weighted by Crippen LogP contribution is 2.42. The van der Waals surface area contributed by atoms with Crippen LogP contribution < -0.4 is 10.6 Å². The van der Waals surface area contributed by atoms with E-state index in [0.717, 1.165) is 18.4 Å². The second kappa shape index (κ2) is 8.29. The highest BCUT2D eigenvalue weighted by Gasteiger charge is 2.37. The molecule has 2 N–H and O–H groups in total. The zero-order chi connectivity index (χ0) is 19.4. The molecule has 1 aliphatic carbocycles. The Kier molecular flexibility index (Phi) is 6.04. The minimum Gasteiger partial charge on any atom is -0.363 e. The number of rotatable bonds is 7. The number of thiocarbonyl (C=S) groups is 1. The van der Waals surface area contributed by atoms with E-state index in [-0.39, 0.29) is 12.0 Å². The van der Waals surface area contributed by atoms with Crippen molar-refractivity contribution < 1.29 is 13.2 Å². The molecule has 0 bridgehead atoms. The number of benzene rings is 1.